The second-order valence-electron chi connectivity index (χ2n) is 2.59. The lowest BCUT2D eigenvalue weighted by Gasteiger charge is -2.09. The largest absolute Gasteiger partial charge is 0.444 e. The average molecular weight is 135 g/mol. The number of hydrogen-bond acceptors (Lipinski definition) is 2. The van der Waals surface area contributed by atoms with E-state index in [1.54, 1.807) is 0 Å². The van der Waals surface area contributed by atoms with Gasteiger partial charge in [-0.3, -0.25) is 0 Å². The molecule has 0 unspecified atom stereocenters. The van der Waals surface area contributed by atoms with Crippen molar-refractivity contribution >= 4 is 5.57 Å². The Bertz CT molecular complexity index is 262. The minimum atomic E-state index is 0.922. The van der Waals surface area contributed by atoms with Crippen molar-refractivity contribution in [1.82, 2.24) is 4.98 Å². The predicted octanol–water partition coefficient (Wildman–Crippen LogP) is 2.02. The second kappa shape index (κ2) is 1.97. The molecule has 2 rings (SSSR count). The van der Waals surface area contributed by atoms with Crippen molar-refractivity contribution in [2.24, 2.45) is 0 Å². The second-order valence-corrected chi connectivity index (χ2v) is 2.59. The van der Waals surface area contributed by atoms with Gasteiger partial charge in [-0.1, -0.05) is 6.58 Å². The summed E-state index contributed by atoms with van der Waals surface area (Å²) in [5.41, 5.74) is 2.18. The minimum Gasteiger partial charge on any atom is -0.444 e. The fraction of sp³-hybridized carbons (Fsp3) is 0.375. The highest BCUT2D eigenvalue weighted by atomic mass is 16.3. The number of rotatable bonds is 0. The first-order valence-corrected chi connectivity index (χ1v) is 3.48. The van der Waals surface area contributed by atoms with Gasteiger partial charge in [0.2, 0.25) is 0 Å². The molecule has 0 bridgehead atoms. The van der Waals surface area contributed by atoms with Crippen LogP contribution in [-0.2, 0) is 6.42 Å². The molecule has 1 heterocycles. The van der Waals surface area contributed by atoms with Gasteiger partial charge >= 0.3 is 0 Å². The molecule has 1 aromatic rings. The maximum atomic E-state index is 5.16. The molecule has 0 aromatic carbocycles. The highest BCUT2D eigenvalue weighted by Gasteiger charge is 2.15. The highest BCUT2D eigenvalue weighted by Crippen LogP contribution is 2.27. The van der Waals surface area contributed by atoms with Crippen molar-refractivity contribution in [1.29, 1.82) is 0 Å². The smallest absolute Gasteiger partial charge is 0.181 e. The van der Waals surface area contributed by atoms with Crippen LogP contribution in [0.3, 0.4) is 0 Å². The van der Waals surface area contributed by atoms with Crippen LogP contribution in [0.25, 0.3) is 5.57 Å². The molecule has 0 spiro atoms. The standard InChI is InChI=1S/C8H9NO/c1-6-3-2-4-7-8(6)10-5-9-7/h5H,1-4H2. The number of hydrogen-bond donors (Lipinski definition) is 0. The summed E-state index contributed by atoms with van der Waals surface area (Å²) in [5, 5.41) is 0. The molecule has 0 amide bonds. The van der Waals surface area contributed by atoms with E-state index in [4.69, 9.17) is 4.42 Å². The lowest BCUT2D eigenvalue weighted by molar-refractivity contribution is 0.534. The van der Waals surface area contributed by atoms with Crippen molar-refractivity contribution in [3.05, 3.63) is 24.4 Å². The summed E-state index contributed by atoms with van der Waals surface area (Å²) in [4.78, 5) is 4.08. The van der Waals surface area contributed by atoms with E-state index in [9.17, 15) is 0 Å². The molecule has 0 radical (unpaired) electrons. The fourth-order valence-corrected chi connectivity index (χ4v) is 1.32. The molecule has 1 aliphatic rings. The Kier molecular flexibility index (Phi) is 1.13. The third-order valence-electron chi connectivity index (χ3n) is 1.85. The van der Waals surface area contributed by atoms with Crippen LogP contribution >= 0.6 is 0 Å². The van der Waals surface area contributed by atoms with Crippen LogP contribution in [0.1, 0.15) is 24.3 Å². The maximum absolute atomic E-state index is 5.16. The average Bonchev–Trinajstić information content (AvgIpc) is 2.36. The van der Waals surface area contributed by atoms with Gasteiger partial charge in [-0.15, -0.1) is 0 Å². The van der Waals surface area contributed by atoms with E-state index < -0.39 is 0 Å². The lowest BCUT2D eigenvalue weighted by Crippen LogP contribution is -1.98. The number of aromatic nitrogens is 1. The summed E-state index contributed by atoms with van der Waals surface area (Å²) in [5.74, 6) is 0.922. The number of allylic oxidation sites excluding steroid dienone is 1. The van der Waals surface area contributed by atoms with Gasteiger partial charge in [-0.05, 0) is 24.8 Å². The van der Waals surface area contributed by atoms with Crippen LogP contribution in [0.15, 0.2) is 17.4 Å². The molecule has 1 aliphatic carbocycles. The van der Waals surface area contributed by atoms with Gasteiger partial charge < -0.3 is 4.42 Å². The molecule has 2 heteroatoms. The zero-order valence-corrected chi connectivity index (χ0v) is 5.76. The maximum Gasteiger partial charge on any atom is 0.181 e. The van der Waals surface area contributed by atoms with E-state index in [1.165, 1.54) is 12.8 Å². The highest BCUT2D eigenvalue weighted by molar-refractivity contribution is 5.61. The van der Waals surface area contributed by atoms with Crippen LogP contribution in [0, 0.1) is 0 Å². The van der Waals surface area contributed by atoms with E-state index in [0.29, 0.717) is 0 Å². The summed E-state index contributed by atoms with van der Waals surface area (Å²) < 4.78 is 5.16. The van der Waals surface area contributed by atoms with Crippen molar-refractivity contribution in [3.63, 3.8) is 0 Å². The van der Waals surface area contributed by atoms with Crippen molar-refractivity contribution in [3.8, 4) is 0 Å². The Balaban J connectivity index is 2.50. The molecule has 52 valence electrons. The Hall–Kier alpha value is -1.05. The molecule has 0 aliphatic heterocycles. The van der Waals surface area contributed by atoms with E-state index >= 15 is 0 Å². The molecule has 0 fully saturated rings. The SMILES string of the molecule is C=C1CCCc2ncoc21. The molecule has 0 saturated heterocycles. The molecular formula is C8H9NO. The predicted molar refractivity (Wildman–Crippen MR) is 38.5 cm³/mol. The summed E-state index contributed by atoms with van der Waals surface area (Å²) >= 11 is 0. The van der Waals surface area contributed by atoms with Crippen LogP contribution in [0.5, 0.6) is 0 Å². The lowest BCUT2D eigenvalue weighted by atomic mass is 9.98. The third-order valence-corrected chi connectivity index (χ3v) is 1.85. The van der Waals surface area contributed by atoms with E-state index in [-0.39, 0.29) is 0 Å². The quantitative estimate of drug-likeness (QED) is 0.544. The zero-order valence-electron chi connectivity index (χ0n) is 5.76. The Morgan fingerprint density at radius 1 is 1.50 bits per heavy atom. The van der Waals surface area contributed by atoms with Gasteiger partial charge in [0.15, 0.2) is 12.2 Å². The summed E-state index contributed by atoms with van der Waals surface area (Å²) in [6.45, 7) is 3.89. The number of fused-ring (bicyclic) bond motifs is 1. The third kappa shape index (κ3) is 0.685. The van der Waals surface area contributed by atoms with Gasteiger partial charge in [0, 0.05) is 0 Å². The zero-order chi connectivity index (χ0) is 6.97. The molecular weight excluding hydrogens is 126 g/mol. The van der Waals surface area contributed by atoms with Gasteiger partial charge in [0.1, 0.15) is 0 Å². The first kappa shape index (κ1) is 5.71. The topological polar surface area (TPSA) is 26.0 Å². The van der Waals surface area contributed by atoms with Gasteiger partial charge in [0.05, 0.1) is 5.69 Å². The van der Waals surface area contributed by atoms with Gasteiger partial charge in [-0.2, -0.15) is 0 Å². The molecule has 0 saturated carbocycles. The van der Waals surface area contributed by atoms with E-state index in [0.717, 1.165) is 29.9 Å². The van der Waals surface area contributed by atoms with Crippen molar-refractivity contribution < 1.29 is 4.42 Å². The molecule has 2 nitrogen and oxygen atoms in total. The van der Waals surface area contributed by atoms with Crippen LogP contribution < -0.4 is 0 Å². The fourth-order valence-electron chi connectivity index (χ4n) is 1.32. The number of aryl methyl sites for hydroxylation is 1. The molecule has 1 aromatic heterocycles. The minimum absolute atomic E-state index is 0.922. The first-order chi connectivity index (χ1) is 4.88. The monoisotopic (exact) mass is 135 g/mol. The molecule has 0 atom stereocenters. The molecule has 10 heavy (non-hydrogen) atoms. The van der Waals surface area contributed by atoms with Crippen LogP contribution in [0.2, 0.25) is 0 Å². The van der Waals surface area contributed by atoms with E-state index in [2.05, 4.69) is 11.6 Å². The Morgan fingerprint density at radius 3 is 3.20 bits per heavy atom. The van der Waals surface area contributed by atoms with Crippen LogP contribution in [0.4, 0.5) is 0 Å². The van der Waals surface area contributed by atoms with Gasteiger partial charge in [0.25, 0.3) is 0 Å². The van der Waals surface area contributed by atoms with Crippen molar-refractivity contribution in [2.75, 3.05) is 0 Å². The number of oxazole rings is 1. The van der Waals surface area contributed by atoms with Gasteiger partial charge in [-0.25, -0.2) is 4.98 Å². The Labute approximate surface area is 59.6 Å². The summed E-state index contributed by atoms with van der Waals surface area (Å²) in [7, 11) is 0. The van der Waals surface area contributed by atoms with E-state index in [1.807, 2.05) is 0 Å². The van der Waals surface area contributed by atoms with Crippen LogP contribution in [-0.4, -0.2) is 4.98 Å². The summed E-state index contributed by atoms with van der Waals surface area (Å²) in [6.07, 6.45) is 4.77. The summed E-state index contributed by atoms with van der Waals surface area (Å²) in [6, 6.07) is 0. The number of nitrogens with zero attached hydrogens (tertiary/aromatic N) is 1. The Morgan fingerprint density at radius 2 is 2.40 bits per heavy atom. The first-order valence-electron chi connectivity index (χ1n) is 3.48. The van der Waals surface area contributed by atoms with Crippen molar-refractivity contribution in [2.45, 2.75) is 19.3 Å². The normalized spacial score (nSPS) is 17.0. The molecule has 0 N–H and O–H groups in total.